The summed E-state index contributed by atoms with van der Waals surface area (Å²) in [5, 5.41) is 2.58. The maximum absolute atomic E-state index is 13.0. The Kier molecular flexibility index (Phi) is 5.57. The SMILES string of the molecule is Cc1ccc(NC(=O)C(=O)C(C(=O)c2ccccc2)c2ccccc2)cc1. The number of Topliss-reactive ketones (excluding diaryl/α,β-unsaturated/α-hetero) is 2. The van der Waals surface area contributed by atoms with E-state index in [1.807, 2.05) is 19.1 Å². The van der Waals surface area contributed by atoms with Crippen molar-refractivity contribution in [3.8, 4) is 0 Å². The molecular weight excluding hydrogens is 338 g/mol. The number of benzene rings is 3. The predicted molar refractivity (Wildman–Crippen MR) is 105 cm³/mol. The van der Waals surface area contributed by atoms with Crippen LogP contribution >= 0.6 is 0 Å². The van der Waals surface area contributed by atoms with Crippen LogP contribution in [0.15, 0.2) is 84.9 Å². The molecule has 134 valence electrons. The van der Waals surface area contributed by atoms with E-state index in [9.17, 15) is 14.4 Å². The summed E-state index contributed by atoms with van der Waals surface area (Å²) in [5.74, 6) is -3.17. The molecule has 0 aliphatic carbocycles. The summed E-state index contributed by atoms with van der Waals surface area (Å²) in [5.41, 5.74) is 2.44. The van der Waals surface area contributed by atoms with Gasteiger partial charge in [0.25, 0.3) is 5.91 Å². The highest BCUT2D eigenvalue weighted by Crippen LogP contribution is 2.23. The molecule has 3 aromatic rings. The third kappa shape index (κ3) is 4.36. The Bertz CT molecular complexity index is 948. The van der Waals surface area contributed by atoms with Gasteiger partial charge in [-0.2, -0.15) is 0 Å². The summed E-state index contributed by atoms with van der Waals surface area (Å²) in [6.07, 6.45) is 0. The summed E-state index contributed by atoms with van der Waals surface area (Å²) in [7, 11) is 0. The van der Waals surface area contributed by atoms with Gasteiger partial charge >= 0.3 is 0 Å². The molecule has 0 aliphatic rings. The molecule has 1 unspecified atom stereocenters. The number of rotatable bonds is 6. The molecule has 1 amide bonds. The third-order valence-electron chi connectivity index (χ3n) is 4.25. The van der Waals surface area contributed by atoms with Crippen LogP contribution in [0.25, 0.3) is 0 Å². The van der Waals surface area contributed by atoms with Crippen molar-refractivity contribution in [2.75, 3.05) is 5.32 Å². The van der Waals surface area contributed by atoms with Crippen LogP contribution < -0.4 is 5.32 Å². The van der Waals surface area contributed by atoms with Gasteiger partial charge in [-0.1, -0.05) is 78.4 Å². The number of aryl methyl sites for hydroxylation is 1. The maximum atomic E-state index is 13.0. The van der Waals surface area contributed by atoms with Gasteiger partial charge in [0.1, 0.15) is 5.92 Å². The Morgan fingerprint density at radius 2 is 1.30 bits per heavy atom. The fraction of sp³-hybridized carbons (Fsp3) is 0.0870. The number of hydrogen-bond acceptors (Lipinski definition) is 3. The standard InChI is InChI=1S/C23H19NO3/c1-16-12-14-19(15-13-16)24-23(27)22(26)20(17-8-4-2-5-9-17)21(25)18-10-6-3-7-11-18/h2-15,20H,1H3,(H,24,27). The highest BCUT2D eigenvalue weighted by Gasteiger charge is 2.33. The van der Waals surface area contributed by atoms with Gasteiger partial charge in [-0.3, -0.25) is 14.4 Å². The Morgan fingerprint density at radius 3 is 1.89 bits per heavy atom. The van der Waals surface area contributed by atoms with Gasteiger partial charge in [0.15, 0.2) is 5.78 Å². The summed E-state index contributed by atoms with van der Waals surface area (Å²) in [6, 6.07) is 24.3. The topological polar surface area (TPSA) is 63.2 Å². The van der Waals surface area contributed by atoms with E-state index in [1.54, 1.807) is 72.8 Å². The van der Waals surface area contributed by atoms with Gasteiger partial charge in [0.2, 0.25) is 5.78 Å². The number of amides is 1. The molecule has 4 heteroatoms. The van der Waals surface area contributed by atoms with E-state index in [0.29, 0.717) is 16.8 Å². The van der Waals surface area contributed by atoms with E-state index >= 15 is 0 Å². The summed E-state index contributed by atoms with van der Waals surface area (Å²) in [4.78, 5) is 38.4. The zero-order valence-electron chi connectivity index (χ0n) is 14.9. The van der Waals surface area contributed by atoms with Gasteiger partial charge in [0, 0.05) is 11.3 Å². The zero-order valence-corrected chi connectivity index (χ0v) is 14.9. The van der Waals surface area contributed by atoms with Crippen molar-refractivity contribution in [2.24, 2.45) is 0 Å². The van der Waals surface area contributed by atoms with Crippen molar-refractivity contribution in [3.05, 3.63) is 102 Å². The number of carbonyl (C=O) groups excluding carboxylic acids is 3. The van der Waals surface area contributed by atoms with E-state index < -0.39 is 23.4 Å². The maximum Gasteiger partial charge on any atom is 0.292 e. The van der Waals surface area contributed by atoms with Crippen LogP contribution in [0.4, 0.5) is 5.69 Å². The van der Waals surface area contributed by atoms with E-state index in [4.69, 9.17) is 0 Å². The summed E-state index contributed by atoms with van der Waals surface area (Å²) in [6.45, 7) is 1.93. The largest absolute Gasteiger partial charge is 0.319 e. The molecule has 0 aromatic heterocycles. The quantitative estimate of drug-likeness (QED) is 0.409. The molecular formula is C23H19NO3. The van der Waals surface area contributed by atoms with Crippen LogP contribution in [0.1, 0.15) is 27.4 Å². The lowest BCUT2D eigenvalue weighted by Gasteiger charge is -2.15. The Labute approximate surface area is 157 Å². The molecule has 1 atom stereocenters. The van der Waals surface area contributed by atoms with Gasteiger partial charge < -0.3 is 5.32 Å². The van der Waals surface area contributed by atoms with Crippen molar-refractivity contribution >= 4 is 23.2 Å². The minimum atomic E-state index is -1.18. The first-order chi connectivity index (χ1) is 13.1. The Morgan fingerprint density at radius 1 is 0.741 bits per heavy atom. The molecule has 4 nitrogen and oxygen atoms in total. The molecule has 0 heterocycles. The van der Waals surface area contributed by atoms with E-state index in [0.717, 1.165) is 5.56 Å². The molecule has 0 bridgehead atoms. The highest BCUT2D eigenvalue weighted by molar-refractivity contribution is 6.46. The van der Waals surface area contributed by atoms with Crippen LogP contribution in [0.5, 0.6) is 0 Å². The lowest BCUT2D eigenvalue weighted by molar-refractivity contribution is -0.135. The Balaban J connectivity index is 1.90. The second-order valence-corrected chi connectivity index (χ2v) is 6.26. The smallest absolute Gasteiger partial charge is 0.292 e. The predicted octanol–water partition coefficient (Wildman–Crippen LogP) is 4.17. The minimum Gasteiger partial charge on any atom is -0.319 e. The van der Waals surface area contributed by atoms with Gasteiger partial charge in [-0.05, 0) is 24.6 Å². The van der Waals surface area contributed by atoms with Gasteiger partial charge in [-0.25, -0.2) is 0 Å². The van der Waals surface area contributed by atoms with Gasteiger partial charge in [0.05, 0.1) is 0 Å². The molecule has 3 rings (SSSR count). The van der Waals surface area contributed by atoms with Crippen LogP contribution in [-0.4, -0.2) is 17.5 Å². The Hall–Kier alpha value is -3.53. The number of anilines is 1. The van der Waals surface area contributed by atoms with Crippen LogP contribution in [0, 0.1) is 6.92 Å². The molecule has 27 heavy (non-hydrogen) atoms. The number of carbonyl (C=O) groups is 3. The van der Waals surface area contributed by atoms with Crippen molar-refractivity contribution in [1.82, 2.24) is 0 Å². The third-order valence-corrected chi connectivity index (χ3v) is 4.25. The molecule has 0 radical (unpaired) electrons. The first kappa shape index (κ1) is 18.3. The van der Waals surface area contributed by atoms with E-state index in [2.05, 4.69) is 5.32 Å². The van der Waals surface area contributed by atoms with E-state index in [1.165, 1.54) is 0 Å². The first-order valence-corrected chi connectivity index (χ1v) is 8.62. The average Bonchev–Trinajstić information content (AvgIpc) is 2.71. The van der Waals surface area contributed by atoms with Crippen LogP contribution in [0.3, 0.4) is 0 Å². The molecule has 0 aliphatic heterocycles. The van der Waals surface area contributed by atoms with Crippen molar-refractivity contribution in [1.29, 1.82) is 0 Å². The molecule has 0 spiro atoms. The molecule has 1 N–H and O–H groups in total. The van der Waals surface area contributed by atoms with Gasteiger partial charge in [-0.15, -0.1) is 0 Å². The number of hydrogen-bond donors (Lipinski definition) is 1. The second-order valence-electron chi connectivity index (χ2n) is 6.26. The summed E-state index contributed by atoms with van der Waals surface area (Å²) >= 11 is 0. The normalized spacial score (nSPS) is 11.4. The van der Waals surface area contributed by atoms with Crippen molar-refractivity contribution in [3.63, 3.8) is 0 Å². The van der Waals surface area contributed by atoms with Crippen molar-refractivity contribution < 1.29 is 14.4 Å². The molecule has 0 saturated carbocycles. The molecule has 3 aromatic carbocycles. The highest BCUT2D eigenvalue weighted by atomic mass is 16.2. The fourth-order valence-electron chi connectivity index (χ4n) is 2.80. The molecule has 0 fully saturated rings. The van der Waals surface area contributed by atoms with E-state index in [-0.39, 0.29) is 0 Å². The minimum absolute atomic E-state index is 0.392. The fourth-order valence-corrected chi connectivity index (χ4v) is 2.80. The lowest BCUT2D eigenvalue weighted by Crippen LogP contribution is -2.32. The zero-order chi connectivity index (χ0) is 19.2. The monoisotopic (exact) mass is 357 g/mol. The van der Waals surface area contributed by atoms with Crippen LogP contribution in [-0.2, 0) is 9.59 Å². The lowest BCUT2D eigenvalue weighted by atomic mass is 9.87. The van der Waals surface area contributed by atoms with Crippen LogP contribution in [0.2, 0.25) is 0 Å². The first-order valence-electron chi connectivity index (χ1n) is 8.62. The summed E-state index contributed by atoms with van der Waals surface area (Å²) < 4.78 is 0. The van der Waals surface area contributed by atoms with Crippen molar-refractivity contribution in [2.45, 2.75) is 12.8 Å². The molecule has 0 saturated heterocycles. The number of ketones is 2. The second kappa shape index (κ2) is 8.23. The average molecular weight is 357 g/mol. The number of nitrogens with one attached hydrogen (secondary N) is 1.